The van der Waals surface area contributed by atoms with Gasteiger partial charge in [0.25, 0.3) is 0 Å². The summed E-state index contributed by atoms with van der Waals surface area (Å²) in [7, 11) is 0. The fourth-order valence-electron chi connectivity index (χ4n) is 8.75. The van der Waals surface area contributed by atoms with E-state index in [1.807, 2.05) is 42.5 Å². The highest BCUT2D eigenvalue weighted by Gasteiger charge is 2.20. The van der Waals surface area contributed by atoms with Gasteiger partial charge in [-0.2, -0.15) is 0 Å². The Morgan fingerprint density at radius 2 is 0.836 bits per heavy atom. The number of hydrogen-bond donors (Lipinski definition) is 0. The molecule has 0 aliphatic carbocycles. The minimum atomic E-state index is 0.582. The molecule has 0 saturated heterocycles. The zero-order chi connectivity index (χ0) is 36.6. The van der Waals surface area contributed by atoms with Crippen molar-refractivity contribution in [2.24, 2.45) is 0 Å². The molecule has 3 heterocycles. The molecule has 11 rings (SSSR count). The topological polar surface area (TPSA) is 23.5 Å². The number of aromatic nitrogens is 3. The Kier molecular flexibility index (Phi) is 6.61. The molecule has 0 saturated carbocycles. The van der Waals surface area contributed by atoms with Crippen molar-refractivity contribution in [1.82, 2.24) is 13.7 Å². The van der Waals surface area contributed by atoms with E-state index in [4.69, 9.17) is 13.1 Å². The van der Waals surface area contributed by atoms with Gasteiger partial charge in [0.1, 0.15) is 0 Å². The van der Waals surface area contributed by atoms with Crippen LogP contribution in [0.25, 0.3) is 103 Å². The maximum absolute atomic E-state index is 7.88. The zero-order valence-corrected chi connectivity index (χ0v) is 29.5. The van der Waals surface area contributed by atoms with Crippen LogP contribution in [0.3, 0.4) is 0 Å². The van der Waals surface area contributed by atoms with Crippen LogP contribution in [0.5, 0.6) is 0 Å². The molecule has 5 nitrogen and oxygen atoms in total. The fourth-order valence-corrected chi connectivity index (χ4v) is 8.75. The van der Waals surface area contributed by atoms with Crippen LogP contribution in [-0.2, 0) is 0 Å². The van der Waals surface area contributed by atoms with Gasteiger partial charge >= 0.3 is 0 Å². The monoisotopic (exact) mass is 699 g/mol. The first kappa shape index (κ1) is 30.7. The molecule has 0 fully saturated rings. The third kappa shape index (κ3) is 4.45. The molecule has 0 bridgehead atoms. The molecule has 55 heavy (non-hydrogen) atoms. The van der Waals surface area contributed by atoms with Crippen molar-refractivity contribution in [2.75, 3.05) is 0 Å². The lowest BCUT2D eigenvalue weighted by Gasteiger charge is -2.16. The van der Waals surface area contributed by atoms with Crippen LogP contribution in [0.15, 0.2) is 176 Å². The average molecular weight is 700 g/mol. The molecule has 254 valence electrons. The normalized spacial score (nSPS) is 11.6. The summed E-state index contributed by atoms with van der Waals surface area (Å²) in [5.74, 6) is 0. The van der Waals surface area contributed by atoms with E-state index in [2.05, 4.69) is 157 Å². The molecule has 5 heteroatoms. The molecule has 0 N–H and O–H groups in total. The van der Waals surface area contributed by atoms with Crippen molar-refractivity contribution in [1.29, 1.82) is 0 Å². The molecule has 0 aliphatic rings. The second-order valence-corrected chi connectivity index (χ2v) is 13.9. The van der Waals surface area contributed by atoms with Gasteiger partial charge in [-0.1, -0.05) is 103 Å². The lowest BCUT2D eigenvalue weighted by atomic mass is 10.0. The first-order valence-electron chi connectivity index (χ1n) is 18.3. The van der Waals surface area contributed by atoms with Crippen molar-refractivity contribution in [3.05, 3.63) is 199 Å². The van der Waals surface area contributed by atoms with Crippen molar-refractivity contribution < 1.29 is 0 Å². The van der Waals surface area contributed by atoms with E-state index in [9.17, 15) is 0 Å². The van der Waals surface area contributed by atoms with E-state index in [1.165, 1.54) is 32.6 Å². The number of fused-ring (bicyclic) bond motifs is 9. The molecule has 0 amide bonds. The summed E-state index contributed by atoms with van der Waals surface area (Å²) in [6.07, 6.45) is 0. The lowest BCUT2D eigenvalue weighted by Crippen LogP contribution is -1.98. The van der Waals surface area contributed by atoms with E-state index in [0.29, 0.717) is 11.4 Å². The molecule has 0 aliphatic heterocycles. The molecule has 3 aromatic heterocycles. The SMILES string of the molecule is [C-]#[N+]c1ccc(-n2c3ccccc3c3cc([N+]#[C-])ccc32)c(-c2ccc(-n3c4ccccc4c4c(-n5c6ccccc6c6ccccc65)cccc43)cc2)c1. The summed E-state index contributed by atoms with van der Waals surface area (Å²) in [6.45, 7) is 15.5. The van der Waals surface area contributed by atoms with Crippen molar-refractivity contribution >= 4 is 76.8 Å². The van der Waals surface area contributed by atoms with Crippen molar-refractivity contribution in [3.63, 3.8) is 0 Å². The zero-order valence-electron chi connectivity index (χ0n) is 29.5. The molecule has 0 radical (unpaired) electrons. The van der Waals surface area contributed by atoms with Gasteiger partial charge in [0.05, 0.1) is 57.6 Å². The third-order valence-electron chi connectivity index (χ3n) is 11.1. The molecular formula is C50H29N5. The summed E-state index contributed by atoms with van der Waals surface area (Å²) in [6, 6.07) is 61.5. The predicted octanol–water partition coefficient (Wildman–Crippen LogP) is 13.7. The van der Waals surface area contributed by atoms with E-state index in [0.717, 1.165) is 61.0 Å². The molecular weight excluding hydrogens is 671 g/mol. The highest BCUT2D eigenvalue weighted by Crippen LogP contribution is 2.42. The predicted molar refractivity (Wildman–Crippen MR) is 227 cm³/mol. The highest BCUT2D eigenvalue weighted by molar-refractivity contribution is 6.16. The smallest absolute Gasteiger partial charge is 0.188 e. The Morgan fingerprint density at radius 3 is 1.47 bits per heavy atom. The Balaban J connectivity index is 1.11. The van der Waals surface area contributed by atoms with Crippen LogP contribution in [-0.4, -0.2) is 13.7 Å². The average Bonchev–Trinajstić information content (AvgIpc) is 3.89. The van der Waals surface area contributed by atoms with Crippen LogP contribution in [0.1, 0.15) is 0 Å². The fraction of sp³-hybridized carbons (Fsp3) is 0. The van der Waals surface area contributed by atoms with Crippen molar-refractivity contribution in [2.45, 2.75) is 0 Å². The molecule has 8 aromatic carbocycles. The third-order valence-corrected chi connectivity index (χ3v) is 11.1. The van der Waals surface area contributed by atoms with Crippen molar-refractivity contribution in [3.8, 4) is 28.2 Å². The lowest BCUT2D eigenvalue weighted by molar-refractivity contribution is 1.17. The van der Waals surface area contributed by atoms with Gasteiger partial charge in [0, 0.05) is 32.6 Å². The molecule has 0 unspecified atom stereocenters. The minimum absolute atomic E-state index is 0.582. The van der Waals surface area contributed by atoms with Gasteiger partial charge in [-0.25, -0.2) is 9.69 Å². The second-order valence-electron chi connectivity index (χ2n) is 13.9. The summed E-state index contributed by atoms with van der Waals surface area (Å²) in [5, 5.41) is 7.00. The number of para-hydroxylation sites is 4. The second kappa shape index (κ2) is 11.8. The highest BCUT2D eigenvalue weighted by atomic mass is 15.0. The summed E-state index contributed by atoms with van der Waals surface area (Å²) in [4.78, 5) is 7.53. The van der Waals surface area contributed by atoms with Gasteiger partial charge in [0.2, 0.25) is 0 Å². The Morgan fingerprint density at radius 1 is 0.345 bits per heavy atom. The van der Waals surface area contributed by atoms with E-state index >= 15 is 0 Å². The number of hydrogen-bond acceptors (Lipinski definition) is 0. The van der Waals surface area contributed by atoms with Gasteiger partial charge < -0.3 is 13.7 Å². The molecule has 0 atom stereocenters. The largest absolute Gasteiger partial charge is 0.309 e. The quantitative estimate of drug-likeness (QED) is 0.163. The summed E-state index contributed by atoms with van der Waals surface area (Å²) in [5.41, 5.74) is 13.1. The van der Waals surface area contributed by atoms with Crippen LogP contribution in [0.2, 0.25) is 0 Å². The van der Waals surface area contributed by atoms with Crippen LogP contribution in [0, 0.1) is 13.1 Å². The molecule has 0 spiro atoms. The standard InChI is InChI=1S/C50H29N5/c1-51-33-24-28-46(54-44-18-9-5-14-38(44)41-31-34(52-2)25-29-47(41)54)40(30-33)32-22-26-35(27-23-32)53-45-19-10-6-15-39(45)50-48(53)20-11-21-49(50)55-42-16-7-3-12-36(42)37-13-4-8-17-43(37)55/h3-31H. The van der Waals surface area contributed by atoms with E-state index < -0.39 is 0 Å². The molecule has 11 aromatic rings. The maximum atomic E-state index is 7.88. The Labute approximate surface area is 316 Å². The van der Waals surface area contributed by atoms with Gasteiger partial charge in [-0.15, -0.1) is 0 Å². The van der Waals surface area contributed by atoms with Crippen LogP contribution < -0.4 is 0 Å². The van der Waals surface area contributed by atoms with Crippen LogP contribution in [0.4, 0.5) is 11.4 Å². The van der Waals surface area contributed by atoms with E-state index in [1.54, 1.807) is 0 Å². The maximum Gasteiger partial charge on any atom is 0.188 e. The number of benzene rings is 8. The van der Waals surface area contributed by atoms with Gasteiger partial charge in [-0.05, 0) is 89.3 Å². The minimum Gasteiger partial charge on any atom is -0.309 e. The summed E-state index contributed by atoms with van der Waals surface area (Å²) < 4.78 is 7.04. The van der Waals surface area contributed by atoms with Crippen LogP contribution >= 0.6 is 0 Å². The first-order valence-corrected chi connectivity index (χ1v) is 18.3. The Hall–Kier alpha value is -7.86. The number of nitrogens with zero attached hydrogens (tertiary/aromatic N) is 5. The Bertz CT molecular complexity index is 3400. The first-order chi connectivity index (χ1) is 27.2. The van der Waals surface area contributed by atoms with Gasteiger partial charge in [-0.3, -0.25) is 0 Å². The summed E-state index contributed by atoms with van der Waals surface area (Å²) >= 11 is 0. The van der Waals surface area contributed by atoms with Gasteiger partial charge in [0.15, 0.2) is 11.4 Å². The number of rotatable bonds is 4. The van der Waals surface area contributed by atoms with E-state index in [-0.39, 0.29) is 0 Å².